The molecular weight excluding hydrogens is 292 g/mol. The minimum Gasteiger partial charge on any atom is -0.496 e. The Kier molecular flexibility index (Phi) is 5.45. The van der Waals surface area contributed by atoms with Gasteiger partial charge in [-0.3, -0.25) is 9.69 Å². The number of carboxylic acids is 1. The van der Waals surface area contributed by atoms with Crippen LogP contribution in [0.1, 0.15) is 5.56 Å². The molecule has 116 valence electrons. The van der Waals surface area contributed by atoms with E-state index < -0.39 is 12.0 Å². The molecule has 1 atom stereocenters. The highest BCUT2D eigenvalue weighted by Crippen LogP contribution is 2.25. The summed E-state index contributed by atoms with van der Waals surface area (Å²) in [6, 6.07) is 4.76. The first-order valence-electron chi connectivity index (χ1n) is 6.99. The average Bonchev–Trinajstić information content (AvgIpc) is 2.46. The maximum Gasteiger partial charge on any atom is 0.321 e. The van der Waals surface area contributed by atoms with Gasteiger partial charge in [0, 0.05) is 37.6 Å². The highest BCUT2D eigenvalue weighted by Gasteiger charge is 2.29. The van der Waals surface area contributed by atoms with E-state index in [0.29, 0.717) is 17.2 Å². The van der Waals surface area contributed by atoms with Crippen molar-refractivity contribution in [1.82, 2.24) is 9.80 Å². The second kappa shape index (κ2) is 7.11. The number of hydrogen-bond donors (Lipinski definition) is 1. The van der Waals surface area contributed by atoms with Gasteiger partial charge in [-0.05, 0) is 30.8 Å². The maximum atomic E-state index is 11.6. The normalized spacial score (nSPS) is 18.4. The Morgan fingerprint density at radius 1 is 1.38 bits per heavy atom. The Balaban J connectivity index is 2.16. The van der Waals surface area contributed by atoms with E-state index in [1.54, 1.807) is 25.3 Å². The number of hydrogen-bond acceptors (Lipinski definition) is 4. The molecule has 0 aromatic heterocycles. The first-order chi connectivity index (χ1) is 10.0. The summed E-state index contributed by atoms with van der Waals surface area (Å²) in [5.41, 5.74) is 0.830. The minimum atomic E-state index is -0.804. The van der Waals surface area contributed by atoms with Crippen molar-refractivity contribution in [3.05, 3.63) is 28.8 Å². The topological polar surface area (TPSA) is 53.0 Å². The number of carboxylic acid groups (broad SMARTS) is 1. The Bertz CT molecular complexity index is 502. The summed E-state index contributed by atoms with van der Waals surface area (Å²) in [6.07, 6.45) is 0.392. The minimum absolute atomic E-state index is 0.392. The first kappa shape index (κ1) is 16.1. The summed E-state index contributed by atoms with van der Waals surface area (Å²) >= 11 is 6.02. The van der Waals surface area contributed by atoms with Crippen molar-refractivity contribution in [2.45, 2.75) is 12.5 Å². The average molecular weight is 313 g/mol. The largest absolute Gasteiger partial charge is 0.496 e. The SMILES string of the molecule is COc1ccc(Cl)cc1C[C@H](C(=O)O)N1CCN(C)CC1. The van der Waals surface area contributed by atoms with Crippen LogP contribution >= 0.6 is 11.6 Å². The quantitative estimate of drug-likeness (QED) is 0.895. The zero-order chi connectivity index (χ0) is 15.4. The van der Waals surface area contributed by atoms with E-state index in [0.717, 1.165) is 31.7 Å². The smallest absolute Gasteiger partial charge is 0.321 e. The van der Waals surface area contributed by atoms with Crippen LogP contribution in [0.2, 0.25) is 5.02 Å². The number of halogens is 1. The number of methoxy groups -OCH3 is 1. The third-order valence-electron chi connectivity index (χ3n) is 3.92. The van der Waals surface area contributed by atoms with Gasteiger partial charge >= 0.3 is 5.97 Å². The van der Waals surface area contributed by atoms with E-state index in [-0.39, 0.29) is 0 Å². The summed E-state index contributed by atoms with van der Waals surface area (Å²) in [5, 5.41) is 10.1. The Hall–Kier alpha value is -1.30. The van der Waals surface area contributed by atoms with Gasteiger partial charge in [0.25, 0.3) is 0 Å². The monoisotopic (exact) mass is 312 g/mol. The van der Waals surface area contributed by atoms with Crippen molar-refractivity contribution >= 4 is 17.6 Å². The lowest BCUT2D eigenvalue weighted by atomic mass is 10.0. The number of likely N-dealkylation sites (N-methyl/N-ethyl adjacent to an activating group) is 1. The second-order valence-electron chi connectivity index (χ2n) is 5.35. The van der Waals surface area contributed by atoms with Gasteiger partial charge in [-0.25, -0.2) is 0 Å². The molecule has 1 fully saturated rings. The Labute approximate surface area is 130 Å². The van der Waals surface area contributed by atoms with Crippen molar-refractivity contribution in [2.75, 3.05) is 40.3 Å². The number of rotatable bonds is 5. The standard InChI is InChI=1S/C15H21ClN2O3/c1-17-5-7-18(8-6-17)13(15(19)20)10-11-9-12(16)3-4-14(11)21-2/h3-4,9,13H,5-8,10H2,1-2H3,(H,19,20)/t13-/m1/s1. The van der Waals surface area contributed by atoms with Crippen LogP contribution in [-0.4, -0.2) is 67.3 Å². The van der Waals surface area contributed by atoms with Gasteiger partial charge < -0.3 is 14.7 Å². The van der Waals surface area contributed by atoms with E-state index in [1.165, 1.54) is 0 Å². The van der Waals surface area contributed by atoms with Crippen molar-refractivity contribution in [2.24, 2.45) is 0 Å². The van der Waals surface area contributed by atoms with Crippen LogP contribution in [-0.2, 0) is 11.2 Å². The molecule has 21 heavy (non-hydrogen) atoms. The molecular formula is C15H21ClN2O3. The van der Waals surface area contributed by atoms with Gasteiger partial charge in [-0.1, -0.05) is 11.6 Å². The molecule has 2 rings (SSSR count). The molecule has 5 nitrogen and oxygen atoms in total. The van der Waals surface area contributed by atoms with Gasteiger partial charge in [-0.15, -0.1) is 0 Å². The van der Waals surface area contributed by atoms with E-state index in [9.17, 15) is 9.90 Å². The number of aliphatic carboxylic acids is 1. The number of piperazine rings is 1. The predicted octanol–water partition coefficient (Wildman–Crippen LogP) is 1.59. The molecule has 6 heteroatoms. The van der Waals surface area contributed by atoms with Gasteiger partial charge in [0.05, 0.1) is 7.11 Å². The third-order valence-corrected chi connectivity index (χ3v) is 4.15. The molecule has 0 amide bonds. The van der Waals surface area contributed by atoms with E-state index >= 15 is 0 Å². The molecule has 0 unspecified atom stereocenters. The molecule has 1 saturated heterocycles. The zero-order valence-electron chi connectivity index (χ0n) is 12.4. The van der Waals surface area contributed by atoms with Crippen LogP contribution < -0.4 is 4.74 Å². The van der Waals surface area contributed by atoms with Crippen molar-refractivity contribution in [1.29, 1.82) is 0 Å². The zero-order valence-corrected chi connectivity index (χ0v) is 13.1. The number of ether oxygens (including phenoxy) is 1. The van der Waals surface area contributed by atoms with Crippen molar-refractivity contribution in [3.8, 4) is 5.75 Å². The summed E-state index contributed by atoms with van der Waals surface area (Å²) < 4.78 is 5.31. The number of nitrogens with zero attached hydrogens (tertiary/aromatic N) is 2. The Morgan fingerprint density at radius 3 is 2.62 bits per heavy atom. The van der Waals surface area contributed by atoms with Crippen molar-refractivity contribution in [3.63, 3.8) is 0 Å². The van der Waals surface area contributed by atoms with E-state index in [1.807, 2.05) is 11.9 Å². The highest BCUT2D eigenvalue weighted by molar-refractivity contribution is 6.30. The predicted molar refractivity (Wildman–Crippen MR) is 82.2 cm³/mol. The number of carbonyl (C=O) groups is 1. The lowest BCUT2D eigenvalue weighted by Gasteiger charge is -2.36. The van der Waals surface area contributed by atoms with E-state index in [2.05, 4.69) is 4.90 Å². The van der Waals surface area contributed by atoms with Crippen LogP contribution in [0.5, 0.6) is 5.75 Å². The molecule has 0 radical (unpaired) electrons. The fraction of sp³-hybridized carbons (Fsp3) is 0.533. The fourth-order valence-electron chi connectivity index (χ4n) is 2.62. The molecule has 1 aromatic rings. The van der Waals surface area contributed by atoms with E-state index in [4.69, 9.17) is 16.3 Å². The molecule has 1 heterocycles. The molecule has 1 N–H and O–H groups in total. The lowest BCUT2D eigenvalue weighted by molar-refractivity contribution is -0.144. The molecule has 0 aliphatic carbocycles. The second-order valence-corrected chi connectivity index (χ2v) is 5.79. The van der Waals surface area contributed by atoms with Gasteiger partial charge in [0.15, 0.2) is 0 Å². The lowest BCUT2D eigenvalue weighted by Crippen LogP contribution is -2.52. The van der Waals surface area contributed by atoms with Crippen LogP contribution in [0.15, 0.2) is 18.2 Å². The molecule has 1 aliphatic rings. The molecule has 1 aliphatic heterocycles. The maximum absolute atomic E-state index is 11.6. The highest BCUT2D eigenvalue weighted by atomic mass is 35.5. The molecule has 0 bridgehead atoms. The van der Waals surface area contributed by atoms with Gasteiger partial charge in [0.1, 0.15) is 11.8 Å². The first-order valence-corrected chi connectivity index (χ1v) is 7.37. The Morgan fingerprint density at radius 2 is 2.05 bits per heavy atom. The van der Waals surface area contributed by atoms with Crippen molar-refractivity contribution < 1.29 is 14.6 Å². The van der Waals surface area contributed by atoms with Gasteiger partial charge in [0.2, 0.25) is 0 Å². The molecule has 1 aromatic carbocycles. The van der Waals surface area contributed by atoms with Crippen LogP contribution in [0.3, 0.4) is 0 Å². The van der Waals surface area contributed by atoms with Crippen LogP contribution in [0.4, 0.5) is 0 Å². The van der Waals surface area contributed by atoms with Gasteiger partial charge in [-0.2, -0.15) is 0 Å². The third kappa shape index (κ3) is 4.09. The van der Waals surface area contributed by atoms with Crippen LogP contribution in [0.25, 0.3) is 0 Å². The summed E-state index contributed by atoms with van der Waals surface area (Å²) in [4.78, 5) is 15.9. The number of benzene rings is 1. The van der Waals surface area contributed by atoms with Crippen LogP contribution in [0, 0.1) is 0 Å². The summed E-state index contributed by atoms with van der Waals surface area (Å²) in [7, 11) is 3.63. The fourth-order valence-corrected chi connectivity index (χ4v) is 2.82. The molecule has 0 spiro atoms. The summed E-state index contributed by atoms with van der Waals surface area (Å²) in [5.74, 6) is -0.124. The molecule has 0 saturated carbocycles. The summed E-state index contributed by atoms with van der Waals surface area (Å²) in [6.45, 7) is 3.29.